The van der Waals surface area contributed by atoms with E-state index in [9.17, 15) is 9.59 Å². The summed E-state index contributed by atoms with van der Waals surface area (Å²) in [6, 6.07) is 10.0. The summed E-state index contributed by atoms with van der Waals surface area (Å²) >= 11 is 0. The van der Waals surface area contributed by atoms with Crippen molar-refractivity contribution in [2.75, 3.05) is 7.11 Å². The zero-order valence-corrected chi connectivity index (χ0v) is 16.6. The lowest BCUT2D eigenvalue weighted by molar-refractivity contribution is -0.00723. The SMILES string of the molecule is COC(=O)c1ccc(OC(=O)c2ccnc(C34CC5CC(CC(C5)C3)C4)c2)cc1. The van der Waals surface area contributed by atoms with E-state index in [1.54, 1.807) is 36.5 Å². The molecule has 0 amide bonds. The molecule has 5 nitrogen and oxygen atoms in total. The van der Waals surface area contributed by atoms with Gasteiger partial charge in [-0.3, -0.25) is 4.98 Å². The maximum Gasteiger partial charge on any atom is 0.343 e. The topological polar surface area (TPSA) is 65.5 Å². The van der Waals surface area contributed by atoms with E-state index in [4.69, 9.17) is 9.72 Å². The Morgan fingerprint density at radius 3 is 2.10 bits per heavy atom. The fourth-order valence-corrected chi connectivity index (χ4v) is 6.21. The minimum absolute atomic E-state index is 0.146. The molecule has 0 atom stereocenters. The third-order valence-electron chi connectivity index (χ3n) is 7.06. The van der Waals surface area contributed by atoms with Crippen LogP contribution in [0.4, 0.5) is 0 Å². The molecule has 1 heterocycles. The number of esters is 2. The van der Waals surface area contributed by atoms with Crippen LogP contribution in [0.2, 0.25) is 0 Å². The van der Waals surface area contributed by atoms with Gasteiger partial charge in [0.15, 0.2) is 0 Å². The molecule has 0 unspecified atom stereocenters. The lowest BCUT2D eigenvalue weighted by Gasteiger charge is -2.56. The molecular weight excluding hydrogens is 366 g/mol. The number of carbonyl (C=O) groups excluding carboxylic acids is 2. The highest BCUT2D eigenvalue weighted by Gasteiger charge is 2.52. The third kappa shape index (κ3) is 3.33. The summed E-state index contributed by atoms with van der Waals surface area (Å²) in [7, 11) is 1.33. The van der Waals surface area contributed by atoms with E-state index in [0.717, 1.165) is 23.4 Å². The fraction of sp³-hybridized carbons (Fsp3) is 0.458. The van der Waals surface area contributed by atoms with Crippen molar-refractivity contribution in [1.29, 1.82) is 0 Å². The van der Waals surface area contributed by atoms with Gasteiger partial charge in [0.2, 0.25) is 0 Å². The quantitative estimate of drug-likeness (QED) is 0.565. The summed E-state index contributed by atoms with van der Waals surface area (Å²) in [5.41, 5.74) is 2.16. The Balaban J connectivity index is 1.35. The average molecular weight is 391 g/mol. The summed E-state index contributed by atoms with van der Waals surface area (Å²) < 4.78 is 10.2. The van der Waals surface area contributed by atoms with Gasteiger partial charge < -0.3 is 9.47 Å². The van der Waals surface area contributed by atoms with Crippen molar-refractivity contribution >= 4 is 11.9 Å². The second kappa shape index (κ2) is 6.97. The van der Waals surface area contributed by atoms with E-state index >= 15 is 0 Å². The smallest absolute Gasteiger partial charge is 0.343 e. The minimum atomic E-state index is -0.419. The Hall–Kier alpha value is -2.69. The molecule has 4 saturated carbocycles. The van der Waals surface area contributed by atoms with Crippen LogP contribution < -0.4 is 4.74 Å². The monoisotopic (exact) mass is 391 g/mol. The first-order valence-electron chi connectivity index (χ1n) is 10.4. The molecule has 0 saturated heterocycles. The first-order valence-corrected chi connectivity index (χ1v) is 10.4. The summed E-state index contributed by atoms with van der Waals surface area (Å²) in [6.45, 7) is 0. The standard InChI is InChI=1S/C24H25NO4/c1-28-22(26)18-2-4-20(5-3-18)29-23(27)19-6-7-25-21(11-19)24-12-15-8-16(13-24)10-17(9-15)14-24/h2-7,11,15-17H,8-10,12-14H2,1H3. The van der Waals surface area contributed by atoms with E-state index < -0.39 is 11.9 Å². The first-order chi connectivity index (χ1) is 14.0. The molecule has 4 aliphatic rings. The van der Waals surface area contributed by atoms with Gasteiger partial charge in [0.25, 0.3) is 0 Å². The Kier molecular flexibility index (Phi) is 4.41. The number of hydrogen-bond donors (Lipinski definition) is 0. The van der Waals surface area contributed by atoms with Crippen LogP contribution in [0.3, 0.4) is 0 Å². The molecule has 6 rings (SSSR count). The number of methoxy groups -OCH3 is 1. The van der Waals surface area contributed by atoms with E-state index in [-0.39, 0.29) is 5.41 Å². The average Bonchev–Trinajstić information content (AvgIpc) is 2.73. The Morgan fingerprint density at radius 2 is 1.52 bits per heavy atom. The number of ether oxygens (including phenoxy) is 2. The summed E-state index contributed by atoms with van der Waals surface area (Å²) in [4.78, 5) is 29.0. The fourth-order valence-electron chi connectivity index (χ4n) is 6.21. The number of aromatic nitrogens is 1. The molecule has 0 N–H and O–H groups in total. The van der Waals surface area contributed by atoms with Gasteiger partial charge in [-0.25, -0.2) is 9.59 Å². The molecule has 150 valence electrons. The molecule has 2 aromatic rings. The second-order valence-corrected chi connectivity index (χ2v) is 9.03. The molecular formula is C24H25NO4. The van der Waals surface area contributed by atoms with Crippen molar-refractivity contribution < 1.29 is 19.1 Å². The lowest BCUT2D eigenvalue weighted by atomic mass is 9.48. The molecule has 5 heteroatoms. The summed E-state index contributed by atoms with van der Waals surface area (Å²) in [5.74, 6) is 2.06. The summed E-state index contributed by atoms with van der Waals surface area (Å²) in [6.07, 6.45) is 9.50. The van der Waals surface area contributed by atoms with Crippen molar-refractivity contribution in [2.45, 2.75) is 43.9 Å². The van der Waals surface area contributed by atoms with Crippen molar-refractivity contribution in [3.05, 3.63) is 59.4 Å². The predicted molar refractivity (Wildman–Crippen MR) is 107 cm³/mol. The zero-order valence-electron chi connectivity index (χ0n) is 16.6. The van der Waals surface area contributed by atoms with Crippen LogP contribution in [-0.2, 0) is 10.2 Å². The number of hydrogen-bond acceptors (Lipinski definition) is 5. The largest absolute Gasteiger partial charge is 0.465 e. The van der Waals surface area contributed by atoms with Gasteiger partial charge >= 0.3 is 11.9 Å². The van der Waals surface area contributed by atoms with Gasteiger partial charge in [-0.05, 0) is 92.7 Å². The number of pyridine rings is 1. The maximum atomic E-state index is 12.7. The Morgan fingerprint density at radius 1 is 0.897 bits per heavy atom. The maximum absolute atomic E-state index is 12.7. The third-order valence-corrected chi connectivity index (χ3v) is 7.06. The van der Waals surface area contributed by atoms with Gasteiger partial charge in [0.1, 0.15) is 5.75 Å². The number of nitrogens with zero attached hydrogens (tertiary/aromatic N) is 1. The van der Waals surface area contributed by atoms with E-state index in [2.05, 4.69) is 4.74 Å². The highest BCUT2D eigenvalue weighted by atomic mass is 16.5. The second-order valence-electron chi connectivity index (χ2n) is 9.03. The van der Waals surface area contributed by atoms with Gasteiger partial charge in [-0.1, -0.05) is 0 Å². The zero-order chi connectivity index (χ0) is 20.0. The molecule has 4 aliphatic carbocycles. The van der Waals surface area contributed by atoms with Gasteiger partial charge in [0, 0.05) is 17.3 Å². The van der Waals surface area contributed by atoms with Gasteiger partial charge in [-0.15, -0.1) is 0 Å². The van der Waals surface area contributed by atoms with Crippen LogP contribution in [0.5, 0.6) is 5.75 Å². The van der Waals surface area contributed by atoms with Crippen LogP contribution in [0.1, 0.15) is 64.9 Å². The number of carbonyl (C=O) groups is 2. The van der Waals surface area contributed by atoms with Crippen LogP contribution in [-0.4, -0.2) is 24.0 Å². The van der Waals surface area contributed by atoms with Gasteiger partial charge in [-0.2, -0.15) is 0 Å². The molecule has 4 bridgehead atoms. The van der Waals surface area contributed by atoms with Crippen molar-refractivity contribution in [1.82, 2.24) is 4.98 Å². The van der Waals surface area contributed by atoms with E-state index in [1.165, 1.54) is 45.6 Å². The molecule has 0 spiro atoms. The summed E-state index contributed by atoms with van der Waals surface area (Å²) in [5, 5.41) is 0. The molecule has 1 aromatic heterocycles. The van der Waals surface area contributed by atoms with E-state index in [0.29, 0.717) is 16.9 Å². The number of benzene rings is 1. The van der Waals surface area contributed by atoms with Crippen LogP contribution in [0, 0.1) is 17.8 Å². The molecule has 1 aromatic carbocycles. The molecule has 0 aliphatic heterocycles. The molecule has 4 fully saturated rings. The van der Waals surface area contributed by atoms with Crippen molar-refractivity contribution in [3.63, 3.8) is 0 Å². The minimum Gasteiger partial charge on any atom is -0.465 e. The van der Waals surface area contributed by atoms with Crippen LogP contribution >= 0.6 is 0 Å². The number of rotatable bonds is 4. The van der Waals surface area contributed by atoms with Crippen LogP contribution in [0.25, 0.3) is 0 Å². The molecule has 29 heavy (non-hydrogen) atoms. The van der Waals surface area contributed by atoms with E-state index in [1.807, 2.05) is 6.07 Å². The van der Waals surface area contributed by atoms with Crippen molar-refractivity contribution in [2.24, 2.45) is 17.8 Å². The molecule has 0 radical (unpaired) electrons. The van der Waals surface area contributed by atoms with Crippen LogP contribution in [0.15, 0.2) is 42.6 Å². The Labute approximate surface area is 170 Å². The Bertz CT molecular complexity index is 914. The van der Waals surface area contributed by atoms with Gasteiger partial charge in [0.05, 0.1) is 18.2 Å². The highest BCUT2D eigenvalue weighted by Crippen LogP contribution is 2.60. The highest BCUT2D eigenvalue weighted by molar-refractivity contribution is 5.92. The first kappa shape index (κ1) is 18.3. The normalized spacial score (nSPS) is 29.5. The lowest BCUT2D eigenvalue weighted by Crippen LogP contribution is -2.49. The van der Waals surface area contributed by atoms with Crippen molar-refractivity contribution in [3.8, 4) is 5.75 Å². The predicted octanol–water partition coefficient (Wildman–Crippen LogP) is 4.56.